The molecule has 0 fully saturated rings. The highest BCUT2D eigenvalue weighted by Crippen LogP contribution is 2.25. The van der Waals surface area contributed by atoms with E-state index in [2.05, 4.69) is 10.1 Å². The molecule has 2 N–H and O–H groups in total. The summed E-state index contributed by atoms with van der Waals surface area (Å²) in [6.07, 6.45) is 0. The number of hydrogen-bond donors (Lipinski definition) is 2. The van der Waals surface area contributed by atoms with E-state index < -0.39 is 6.04 Å². The van der Waals surface area contributed by atoms with Gasteiger partial charge in [0.15, 0.2) is 0 Å². The van der Waals surface area contributed by atoms with Crippen LogP contribution >= 0.6 is 0 Å². The molecule has 0 amide bonds. The van der Waals surface area contributed by atoms with Crippen molar-refractivity contribution in [3.63, 3.8) is 0 Å². The molecule has 0 aromatic heterocycles. The molecule has 0 aliphatic heterocycles. The molecule has 0 heterocycles. The van der Waals surface area contributed by atoms with Gasteiger partial charge in [0.1, 0.15) is 11.8 Å². The number of phenolic OH excluding ortho intramolecular Hbond substituents is 1. The molecule has 17 heavy (non-hydrogen) atoms. The fraction of sp³-hybridized carbons (Fsp3) is 0.462. The summed E-state index contributed by atoms with van der Waals surface area (Å²) in [5.74, 6) is -0.0782. The summed E-state index contributed by atoms with van der Waals surface area (Å²) in [6, 6.07) is 4.96. The van der Waals surface area contributed by atoms with Crippen LogP contribution in [0.3, 0.4) is 0 Å². The second-order valence-corrected chi connectivity index (χ2v) is 4.20. The number of carbonyl (C=O) groups excluding carboxylic acids is 1. The number of esters is 1. The van der Waals surface area contributed by atoms with Crippen LogP contribution in [0.2, 0.25) is 0 Å². The van der Waals surface area contributed by atoms with Crippen molar-refractivity contribution < 1.29 is 14.6 Å². The van der Waals surface area contributed by atoms with Gasteiger partial charge in [0, 0.05) is 11.6 Å². The van der Waals surface area contributed by atoms with E-state index in [0.717, 1.165) is 11.1 Å². The first-order chi connectivity index (χ1) is 7.95. The van der Waals surface area contributed by atoms with Crippen molar-refractivity contribution >= 4 is 5.97 Å². The van der Waals surface area contributed by atoms with Crippen LogP contribution in [0.4, 0.5) is 0 Å². The van der Waals surface area contributed by atoms with E-state index in [1.54, 1.807) is 13.0 Å². The standard InChI is InChI=1S/C13H19NO3/c1-8-5-6-11(12(15)7-8)9(2)14-10(3)13(16)17-4/h5-7,9-10,14-15H,1-4H3. The lowest BCUT2D eigenvalue weighted by atomic mass is 10.0. The summed E-state index contributed by atoms with van der Waals surface area (Å²) in [7, 11) is 1.36. The number of hydrogen-bond acceptors (Lipinski definition) is 4. The molecule has 94 valence electrons. The van der Waals surface area contributed by atoms with Crippen molar-refractivity contribution in [2.75, 3.05) is 7.11 Å². The Kier molecular flexibility index (Phi) is 4.52. The van der Waals surface area contributed by atoms with E-state index in [0.29, 0.717) is 0 Å². The van der Waals surface area contributed by atoms with Gasteiger partial charge in [-0.2, -0.15) is 0 Å². The molecular formula is C13H19NO3. The second kappa shape index (κ2) is 5.68. The normalized spacial score (nSPS) is 14.1. The number of methoxy groups -OCH3 is 1. The molecular weight excluding hydrogens is 218 g/mol. The third-order valence-corrected chi connectivity index (χ3v) is 2.71. The molecule has 4 heteroatoms. The van der Waals surface area contributed by atoms with E-state index >= 15 is 0 Å². The van der Waals surface area contributed by atoms with Crippen LogP contribution in [0.25, 0.3) is 0 Å². The first-order valence-corrected chi connectivity index (χ1v) is 5.59. The molecule has 2 atom stereocenters. The molecule has 2 unspecified atom stereocenters. The molecule has 4 nitrogen and oxygen atoms in total. The van der Waals surface area contributed by atoms with E-state index in [1.807, 2.05) is 26.0 Å². The average molecular weight is 237 g/mol. The van der Waals surface area contributed by atoms with Gasteiger partial charge in [0.25, 0.3) is 0 Å². The van der Waals surface area contributed by atoms with Crippen LogP contribution in [0.5, 0.6) is 5.75 Å². The van der Waals surface area contributed by atoms with Crippen LogP contribution in [-0.4, -0.2) is 24.2 Å². The Morgan fingerprint density at radius 2 is 2.06 bits per heavy atom. The Hall–Kier alpha value is -1.55. The Morgan fingerprint density at radius 3 is 2.59 bits per heavy atom. The molecule has 1 aromatic rings. The Labute approximate surface area is 102 Å². The smallest absolute Gasteiger partial charge is 0.322 e. The average Bonchev–Trinajstić information content (AvgIpc) is 2.27. The predicted octanol–water partition coefficient (Wildman–Crippen LogP) is 1.91. The zero-order valence-corrected chi connectivity index (χ0v) is 10.7. The topological polar surface area (TPSA) is 58.6 Å². The summed E-state index contributed by atoms with van der Waals surface area (Å²) < 4.78 is 4.63. The van der Waals surface area contributed by atoms with Gasteiger partial charge in [-0.15, -0.1) is 0 Å². The van der Waals surface area contributed by atoms with Gasteiger partial charge in [0.2, 0.25) is 0 Å². The number of phenols is 1. The second-order valence-electron chi connectivity index (χ2n) is 4.20. The zero-order valence-electron chi connectivity index (χ0n) is 10.7. The number of carbonyl (C=O) groups is 1. The van der Waals surface area contributed by atoms with Crippen LogP contribution in [0.15, 0.2) is 18.2 Å². The highest BCUT2D eigenvalue weighted by atomic mass is 16.5. The molecule has 1 aromatic carbocycles. The molecule has 0 saturated heterocycles. The minimum atomic E-state index is -0.407. The number of rotatable bonds is 4. The van der Waals surface area contributed by atoms with Gasteiger partial charge in [-0.05, 0) is 32.4 Å². The van der Waals surface area contributed by atoms with Crippen molar-refractivity contribution in [2.24, 2.45) is 0 Å². The number of nitrogens with one attached hydrogen (secondary N) is 1. The van der Waals surface area contributed by atoms with E-state index in [1.165, 1.54) is 7.11 Å². The number of aryl methyl sites for hydroxylation is 1. The van der Waals surface area contributed by atoms with Crippen LogP contribution in [-0.2, 0) is 9.53 Å². The van der Waals surface area contributed by atoms with Crippen molar-refractivity contribution in [3.8, 4) is 5.75 Å². The minimum Gasteiger partial charge on any atom is -0.508 e. The van der Waals surface area contributed by atoms with E-state index in [4.69, 9.17) is 0 Å². The lowest BCUT2D eigenvalue weighted by Gasteiger charge is -2.19. The van der Waals surface area contributed by atoms with Gasteiger partial charge >= 0.3 is 5.97 Å². The van der Waals surface area contributed by atoms with Gasteiger partial charge in [-0.25, -0.2) is 0 Å². The van der Waals surface area contributed by atoms with Crippen molar-refractivity contribution in [3.05, 3.63) is 29.3 Å². The largest absolute Gasteiger partial charge is 0.508 e. The zero-order chi connectivity index (χ0) is 13.0. The fourth-order valence-corrected chi connectivity index (χ4v) is 1.73. The summed E-state index contributed by atoms with van der Waals surface area (Å²) >= 11 is 0. The van der Waals surface area contributed by atoms with Gasteiger partial charge in [-0.3, -0.25) is 10.1 Å². The molecule has 1 rings (SSSR count). The summed E-state index contributed by atoms with van der Waals surface area (Å²) in [5, 5.41) is 12.9. The fourth-order valence-electron chi connectivity index (χ4n) is 1.73. The Morgan fingerprint density at radius 1 is 1.41 bits per heavy atom. The molecule has 0 bridgehead atoms. The number of aromatic hydroxyl groups is 1. The maximum absolute atomic E-state index is 11.3. The predicted molar refractivity (Wildman–Crippen MR) is 65.9 cm³/mol. The lowest BCUT2D eigenvalue weighted by molar-refractivity contribution is -0.142. The van der Waals surface area contributed by atoms with Crippen molar-refractivity contribution in [2.45, 2.75) is 32.9 Å². The first-order valence-electron chi connectivity index (χ1n) is 5.59. The highest BCUT2D eigenvalue weighted by molar-refractivity contribution is 5.75. The SMILES string of the molecule is COC(=O)C(C)NC(C)c1ccc(C)cc1O. The maximum Gasteiger partial charge on any atom is 0.322 e. The minimum absolute atomic E-state index is 0.121. The quantitative estimate of drug-likeness (QED) is 0.785. The maximum atomic E-state index is 11.3. The van der Waals surface area contributed by atoms with Crippen LogP contribution in [0.1, 0.15) is 31.0 Å². The number of benzene rings is 1. The van der Waals surface area contributed by atoms with Gasteiger partial charge < -0.3 is 9.84 Å². The molecule has 0 aliphatic rings. The molecule has 0 aliphatic carbocycles. The molecule has 0 spiro atoms. The third-order valence-electron chi connectivity index (χ3n) is 2.71. The number of ether oxygens (including phenoxy) is 1. The first kappa shape index (κ1) is 13.5. The molecule has 0 saturated carbocycles. The van der Waals surface area contributed by atoms with Gasteiger partial charge in [-0.1, -0.05) is 12.1 Å². The van der Waals surface area contributed by atoms with E-state index in [9.17, 15) is 9.90 Å². The van der Waals surface area contributed by atoms with Crippen molar-refractivity contribution in [1.29, 1.82) is 0 Å². The summed E-state index contributed by atoms with van der Waals surface area (Å²) in [5.41, 5.74) is 1.77. The van der Waals surface area contributed by atoms with Crippen LogP contribution < -0.4 is 5.32 Å². The summed E-state index contributed by atoms with van der Waals surface area (Å²) in [4.78, 5) is 11.3. The highest BCUT2D eigenvalue weighted by Gasteiger charge is 2.18. The van der Waals surface area contributed by atoms with E-state index in [-0.39, 0.29) is 17.8 Å². The third kappa shape index (κ3) is 3.46. The molecule has 0 radical (unpaired) electrons. The Balaban J connectivity index is 2.76. The van der Waals surface area contributed by atoms with Gasteiger partial charge in [0.05, 0.1) is 7.11 Å². The van der Waals surface area contributed by atoms with Crippen molar-refractivity contribution in [1.82, 2.24) is 5.32 Å². The van der Waals surface area contributed by atoms with Crippen LogP contribution in [0, 0.1) is 6.92 Å². The Bertz CT molecular complexity index is 404. The monoisotopic (exact) mass is 237 g/mol. The lowest BCUT2D eigenvalue weighted by Crippen LogP contribution is -2.36. The summed E-state index contributed by atoms with van der Waals surface area (Å²) in [6.45, 7) is 5.54.